The molecule has 0 bridgehead atoms. The molecule has 0 aliphatic heterocycles. The number of hydrogen-bond donors (Lipinski definition) is 1. The van der Waals surface area contributed by atoms with Crippen molar-refractivity contribution in [3.8, 4) is 0 Å². The SMILES string of the molecule is O=[N+]([O-])c1ccc(CCNC(c2ccccc2)c2ccccc2)cc1. The first kappa shape index (κ1) is 16.9. The molecule has 3 aromatic rings. The molecular weight excluding hydrogens is 312 g/mol. The summed E-state index contributed by atoms with van der Waals surface area (Å²) in [6.45, 7) is 0.784. The summed E-state index contributed by atoms with van der Waals surface area (Å²) in [5.41, 5.74) is 3.65. The van der Waals surface area contributed by atoms with Crippen LogP contribution in [-0.2, 0) is 6.42 Å². The van der Waals surface area contributed by atoms with Crippen LogP contribution < -0.4 is 5.32 Å². The average molecular weight is 332 g/mol. The first-order valence-corrected chi connectivity index (χ1v) is 8.30. The Labute approximate surface area is 147 Å². The second-order valence-corrected chi connectivity index (χ2v) is 5.88. The predicted molar refractivity (Wildman–Crippen MR) is 99.5 cm³/mol. The molecule has 0 fully saturated rings. The summed E-state index contributed by atoms with van der Waals surface area (Å²) in [5, 5.41) is 14.3. The number of hydrogen-bond acceptors (Lipinski definition) is 3. The summed E-state index contributed by atoms with van der Waals surface area (Å²) in [4.78, 5) is 10.4. The van der Waals surface area contributed by atoms with E-state index in [2.05, 4.69) is 29.6 Å². The molecule has 3 rings (SSSR count). The van der Waals surface area contributed by atoms with Crippen molar-refractivity contribution >= 4 is 5.69 Å². The van der Waals surface area contributed by atoms with Crippen molar-refractivity contribution in [1.29, 1.82) is 0 Å². The van der Waals surface area contributed by atoms with Gasteiger partial charge in [-0.25, -0.2) is 0 Å². The fourth-order valence-electron chi connectivity index (χ4n) is 2.86. The minimum Gasteiger partial charge on any atom is -0.306 e. The van der Waals surface area contributed by atoms with Gasteiger partial charge in [-0.05, 0) is 23.1 Å². The molecular formula is C21H20N2O2. The topological polar surface area (TPSA) is 55.2 Å². The Hall–Kier alpha value is -2.98. The third kappa shape index (κ3) is 4.52. The maximum Gasteiger partial charge on any atom is 0.269 e. The van der Waals surface area contributed by atoms with Crippen LogP contribution in [0.15, 0.2) is 84.9 Å². The lowest BCUT2D eigenvalue weighted by molar-refractivity contribution is -0.384. The Bertz CT molecular complexity index is 763. The molecule has 0 atom stereocenters. The van der Waals surface area contributed by atoms with Crippen molar-refractivity contribution in [2.24, 2.45) is 0 Å². The molecule has 4 nitrogen and oxygen atoms in total. The normalized spacial score (nSPS) is 10.8. The van der Waals surface area contributed by atoms with E-state index in [4.69, 9.17) is 0 Å². The highest BCUT2D eigenvalue weighted by Crippen LogP contribution is 2.21. The average Bonchev–Trinajstić information content (AvgIpc) is 2.67. The molecule has 0 heterocycles. The molecule has 0 amide bonds. The van der Waals surface area contributed by atoms with Crippen molar-refractivity contribution < 1.29 is 4.92 Å². The molecule has 1 N–H and O–H groups in total. The smallest absolute Gasteiger partial charge is 0.269 e. The summed E-state index contributed by atoms with van der Waals surface area (Å²) < 4.78 is 0. The van der Waals surface area contributed by atoms with Gasteiger partial charge in [0.25, 0.3) is 5.69 Å². The second kappa shape index (κ2) is 8.22. The molecule has 0 spiro atoms. The van der Waals surface area contributed by atoms with Crippen LogP contribution in [0.5, 0.6) is 0 Å². The summed E-state index contributed by atoms with van der Waals surface area (Å²) in [7, 11) is 0. The van der Waals surface area contributed by atoms with Crippen LogP contribution in [0.3, 0.4) is 0 Å². The van der Waals surface area contributed by atoms with Crippen molar-refractivity contribution in [3.05, 3.63) is 112 Å². The molecule has 0 aliphatic rings. The fourth-order valence-corrected chi connectivity index (χ4v) is 2.86. The van der Waals surface area contributed by atoms with Crippen LogP contribution in [0.4, 0.5) is 5.69 Å². The lowest BCUT2D eigenvalue weighted by atomic mass is 9.98. The number of nitro groups is 1. The third-order valence-corrected chi connectivity index (χ3v) is 4.18. The molecule has 4 heteroatoms. The number of nitrogens with zero attached hydrogens (tertiary/aromatic N) is 1. The van der Waals surface area contributed by atoms with Crippen molar-refractivity contribution in [2.45, 2.75) is 12.5 Å². The molecule has 126 valence electrons. The van der Waals surface area contributed by atoms with Gasteiger partial charge in [0, 0.05) is 18.7 Å². The highest BCUT2D eigenvalue weighted by Gasteiger charge is 2.12. The Kier molecular flexibility index (Phi) is 5.54. The summed E-state index contributed by atoms with van der Waals surface area (Å²) in [6.07, 6.45) is 0.814. The summed E-state index contributed by atoms with van der Waals surface area (Å²) >= 11 is 0. The minimum atomic E-state index is -0.372. The van der Waals surface area contributed by atoms with Gasteiger partial charge in [0.05, 0.1) is 11.0 Å². The van der Waals surface area contributed by atoms with Crippen LogP contribution in [0.25, 0.3) is 0 Å². The Morgan fingerprint density at radius 1 is 0.800 bits per heavy atom. The van der Waals surface area contributed by atoms with Crippen LogP contribution in [-0.4, -0.2) is 11.5 Å². The quantitative estimate of drug-likeness (QED) is 0.511. The minimum absolute atomic E-state index is 0.125. The van der Waals surface area contributed by atoms with Crippen molar-refractivity contribution in [3.63, 3.8) is 0 Å². The van der Waals surface area contributed by atoms with Gasteiger partial charge in [-0.3, -0.25) is 10.1 Å². The fraction of sp³-hybridized carbons (Fsp3) is 0.143. The maximum atomic E-state index is 10.7. The predicted octanol–water partition coefficient (Wildman–Crippen LogP) is 4.52. The molecule has 0 unspecified atom stereocenters. The van der Waals surface area contributed by atoms with E-state index in [9.17, 15) is 10.1 Å². The van der Waals surface area contributed by atoms with E-state index in [0.717, 1.165) is 18.5 Å². The first-order chi connectivity index (χ1) is 12.2. The highest BCUT2D eigenvalue weighted by atomic mass is 16.6. The molecule has 0 aromatic heterocycles. The van der Waals surface area contributed by atoms with Crippen LogP contribution in [0.2, 0.25) is 0 Å². The zero-order chi connectivity index (χ0) is 17.5. The van der Waals surface area contributed by atoms with E-state index >= 15 is 0 Å². The van der Waals surface area contributed by atoms with E-state index in [-0.39, 0.29) is 16.7 Å². The standard InChI is InChI=1S/C21H20N2O2/c24-23(25)20-13-11-17(12-14-20)15-16-22-21(18-7-3-1-4-8-18)19-9-5-2-6-10-19/h1-14,21-22H,15-16H2. The first-order valence-electron chi connectivity index (χ1n) is 8.30. The highest BCUT2D eigenvalue weighted by molar-refractivity contribution is 5.34. The monoisotopic (exact) mass is 332 g/mol. The molecule has 0 radical (unpaired) electrons. The lowest BCUT2D eigenvalue weighted by Gasteiger charge is -2.20. The van der Waals surface area contributed by atoms with Crippen LogP contribution >= 0.6 is 0 Å². The van der Waals surface area contributed by atoms with Crippen LogP contribution in [0, 0.1) is 10.1 Å². The van der Waals surface area contributed by atoms with Crippen LogP contribution in [0.1, 0.15) is 22.7 Å². The number of nitro benzene ring substituents is 1. The number of non-ortho nitro benzene ring substituents is 1. The van der Waals surface area contributed by atoms with E-state index in [1.807, 2.05) is 48.5 Å². The zero-order valence-corrected chi connectivity index (χ0v) is 13.8. The summed E-state index contributed by atoms with van der Waals surface area (Å²) in [5.74, 6) is 0. The van der Waals surface area contributed by atoms with Crippen molar-refractivity contribution in [2.75, 3.05) is 6.54 Å². The van der Waals surface area contributed by atoms with Gasteiger partial charge < -0.3 is 5.32 Å². The molecule has 0 saturated carbocycles. The van der Waals surface area contributed by atoms with E-state index in [1.54, 1.807) is 12.1 Å². The van der Waals surface area contributed by atoms with E-state index in [0.29, 0.717) is 0 Å². The van der Waals surface area contributed by atoms with Crippen molar-refractivity contribution in [1.82, 2.24) is 5.32 Å². The zero-order valence-electron chi connectivity index (χ0n) is 13.8. The number of nitrogens with one attached hydrogen (secondary N) is 1. The Morgan fingerprint density at radius 3 is 1.80 bits per heavy atom. The second-order valence-electron chi connectivity index (χ2n) is 5.88. The Morgan fingerprint density at radius 2 is 1.32 bits per heavy atom. The number of benzene rings is 3. The molecule has 25 heavy (non-hydrogen) atoms. The molecule has 0 saturated heterocycles. The van der Waals surface area contributed by atoms with E-state index < -0.39 is 0 Å². The lowest BCUT2D eigenvalue weighted by Crippen LogP contribution is -2.24. The summed E-state index contributed by atoms with van der Waals surface area (Å²) in [6, 6.07) is 27.6. The van der Waals surface area contributed by atoms with Gasteiger partial charge in [-0.1, -0.05) is 72.8 Å². The third-order valence-electron chi connectivity index (χ3n) is 4.18. The molecule has 3 aromatic carbocycles. The van der Waals surface area contributed by atoms with Gasteiger partial charge in [-0.15, -0.1) is 0 Å². The van der Waals surface area contributed by atoms with Gasteiger partial charge in [0.15, 0.2) is 0 Å². The maximum absolute atomic E-state index is 10.7. The van der Waals surface area contributed by atoms with Gasteiger partial charge in [-0.2, -0.15) is 0 Å². The van der Waals surface area contributed by atoms with Gasteiger partial charge in [0.2, 0.25) is 0 Å². The largest absolute Gasteiger partial charge is 0.306 e. The van der Waals surface area contributed by atoms with Gasteiger partial charge >= 0.3 is 0 Å². The number of rotatable bonds is 7. The Balaban J connectivity index is 1.68. The molecule has 0 aliphatic carbocycles. The van der Waals surface area contributed by atoms with Gasteiger partial charge in [0.1, 0.15) is 0 Å². The van der Waals surface area contributed by atoms with E-state index in [1.165, 1.54) is 11.1 Å².